The van der Waals surface area contributed by atoms with Gasteiger partial charge >= 0.3 is 11.9 Å². The van der Waals surface area contributed by atoms with Crippen molar-refractivity contribution in [3.8, 4) is 0 Å². The number of hydrogen-bond acceptors (Lipinski definition) is 5. The summed E-state index contributed by atoms with van der Waals surface area (Å²) in [5.74, 6) is -3.58. The minimum atomic E-state index is -1.82. The number of hydrogen-bond donors (Lipinski definition) is 3. The maximum atomic E-state index is 11.2. The first kappa shape index (κ1) is 26.9. The summed E-state index contributed by atoms with van der Waals surface area (Å²) in [6, 6.07) is 28.8. The summed E-state index contributed by atoms with van der Waals surface area (Å²) in [5, 5.41) is 27.1. The molecule has 4 aromatic rings. The first-order chi connectivity index (χ1) is 18.4. The van der Waals surface area contributed by atoms with Crippen LogP contribution in [0.25, 0.3) is 16.5 Å². The van der Waals surface area contributed by atoms with Gasteiger partial charge in [0, 0.05) is 30.0 Å². The Morgan fingerprint density at radius 1 is 0.842 bits per heavy atom. The van der Waals surface area contributed by atoms with E-state index in [0.29, 0.717) is 0 Å². The van der Waals surface area contributed by atoms with E-state index in [1.165, 1.54) is 16.7 Å². The van der Waals surface area contributed by atoms with Gasteiger partial charge in [0.25, 0.3) is 0 Å². The molecule has 2 unspecified atom stereocenters. The first-order valence-corrected chi connectivity index (χ1v) is 12.6. The highest BCUT2D eigenvalue weighted by Crippen LogP contribution is 2.35. The second-order valence-corrected chi connectivity index (χ2v) is 9.20. The third-order valence-corrected chi connectivity index (χ3v) is 6.81. The van der Waals surface area contributed by atoms with Gasteiger partial charge < -0.3 is 19.7 Å². The molecule has 0 spiro atoms. The van der Waals surface area contributed by atoms with Crippen LogP contribution in [0.4, 0.5) is 0 Å². The fraction of sp³-hybridized carbons (Fsp3) is 0.226. The molecule has 196 valence electrons. The molecule has 1 aromatic heterocycles. The summed E-state index contributed by atoms with van der Waals surface area (Å²) in [7, 11) is 0. The van der Waals surface area contributed by atoms with Gasteiger partial charge in [-0.25, -0.2) is 9.59 Å². The van der Waals surface area contributed by atoms with Crippen molar-refractivity contribution in [2.75, 3.05) is 19.6 Å². The zero-order valence-corrected chi connectivity index (χ0v) is 20.9. The van der Waals surface area contributed by atoms with Crippen molar-refractivity contribution in [3.05, 3.63) is 114 Å². The quantitative estimate of drug-likeness (QED) is 0.277. The average Bonchev–Trinajstić information content (AvgIpc) is 3.44. The van der Waals surface area contributed by atoms with Crippen LogP contribution in [0.2, 0.25) is 0 Å². The summed E-state index contributed by atoms with van der Waals surface area (Å²) in [6.45, 7) is 2.90. The zero-order valence-electron chi connectivity index (χ0n) is 20.9. The number of furan rings is 1. The van der Waals surface area contributed by atoms with Crippen molar-refractivity contribution in [1.29, 1.82) is 0 Å². The van der Waals surface area contributed by atoms with Gasteiger partial charge in [0.2, 0.25) is 0 Å². The van der Waals surface area contributed by atoms with Crippen molar-refractivity contribution in [3.63, 3.8) is 0 Å². The van der Waals surface area contributed by atoms with E-state index in [-0.39, 0.29) is 5.92 Å². The fourth-order valence-electron chi connectivity index (χ4n) is 4.82. The molecule has 1 aliphatic rings. The number of aliphatic hydroxyl groups excluding tert-OH is 1. The second kappa shape index (κ2) is 12.9. The Labute approximate surface area is 221 Å². The highest BCUT2D eigenvalue weighted by molar-refractivity contribution is 6.27. The minimum Gasteiger partial charge on any atom is -0.473 e. The van der Waals surface area contributed by atoms with E-state index in [1.807, 2.05) is 42.5 Å². The summed E-state index contributed by atoms with van der Waals surface area (Å²) in [6.07, 6.45) is 5.53. The Bertz CT molecular complexity index is 1370. The molecule has 7 nitrogen and oxygen atoms in total. The van der Waals surface area contributed by atoms with Crippen molar-refractivity contribution >= 4 is 28.5 Å². The van der Waals surface area contributed by atoms with Crippen LogP contribution in [0, 0.1) is 0 Å². The predicted octanol–water partition coefficient (Wildman–Crippen LogP) is 5.59. The number of carboxylic acids is 2. The van der Waals surface area contributed by atoms with Crippen LogP contribution in [-0.4, -0.2) is 51.8 Å². The highest BCUT2D eigenvalue weighted by Gasteiger charge is 2.24. The molecular weight excluding hydrogens is 482 g/mol. The van der Waals surface area contributed by atoms with Crippen LogP contribution < -0.4 is 0 Å². The van der Waals surface area contributed by atoms with Crippen molar-refractivity contribution in [2.24, 2.45) is 0 Å². The fourth-order valence-corrected chi connectivity index (χ4v) is 4.82. The number of carbonyl (C=O) groups is 2. The van der Waals surface area contributed by atoms with E-state index in [9.17, 15) is 5.11 Å². The molecule has 7 heteroatoms. The number of aliphatic hydroxyl groups is 1. The molecule has 3 aromatic carbocycles. The topological polar surface area (TPSA) is 111 Å². The Morgan fingerprint density at radius 2 is 1.50 bits per heavy atom. The van der Waals surface area contributed by atoms with Gasteiger partial charge in [0.1, 0.15) is 5.58 Å². The van der Waals surface area contributed by atoms with Gasteiger partial charge in [-0.05, 0) is 42.2 Å². The smallest absolute Gasteiger partial charge is 0.414 e. The molecule has 0 amide bonds. The van der Waals surface area contributed by atoms with E-state index < -0.39 is 18.0 Å². The summed E-state index contributed by atoms with van der Waals surface area (Å²) in [4.78, 5) is 20.7. The first-order valence-electron chi connectivity index (χ1n) is 12.6. The molecular formula is C31H31NO6. The van der Waals surface area contributed by atoms with Gasteiger partial charge in [-0.2, -0.15) is 0 Å². The molecule has 38 heavy (non-hydrogen) atoms. The third kappa shape index (κ3) is 6.76. The number of benzene rings is 3. The van der Waals surface area contributed by atoms with Crippen LogP contribution in [0.1, 0.15) is 41.6 Å². The lowest BCUT2D eigenvalue weighted by Gasteiger charge is -2.30. The molecule has 0 fully saturated rings. The van der Waals surface area contributed by atoms with Gasteiger partial charge in [-0.1, -0.05) is 84.9 Å². The summed E-state index contributed by atoms with van der Waals surface area (Å²) >= 11 is 0. The second-order valence-electron chi connectivity index (χ2n) is 9.20. The number of aliphatic carboxylic acids is 2. The number of para-hydroxylation sites is 1. The summed E-state index contributed by atoms with van der Waals surface area (Å²) in [5.41, 5.74) is 5.75. The predicted molar refractivity (Wildman–Crippen MR) is 146 cm³/mol. The Hall–Kier alpha value is -4.20. The summed E-state index contributed by atoms with van der Waals surface area (Å²) < 4.78 is 5.74. The van der Waals surface area contributed by atoms with E-state index in [4.69, 9.17) is 24.2 Å². The monoisotopic (exact) mass is 513 g/mol. The molecule has 0 bridgehead atoms. The zero-order chi connectivity index (χ0) is 26.9. The van der Waals surface area contributed by atoms with E-state index >= 15 is 0 Å². The van der Waals surface area contributed by atoms with Gasteiger partial charge in [0.05, 0.1) is 12.4 Å². The SMILES string of the molecule is O=C(O)C(=O)O.OC(c1ccccc1)C(CCN1CC=C(c2cccc3ccoc23)CC1)c1ccccc1. The molecule has 1 aliphatic heterocycles. The van der Waals surface area contributed by atoms with E-state index in [2.05, 4.69) is 53.4 Å². The lowest BCUT2D eigenvalue weighted by molar-refractivity contribution is -0.159. The molecule has 0 saturated carbocycles. The maximum absolute atomic E-state index is 11.2. The van der Waals surface area contributed by atoms with Gasteiger partial charge in [0.15, 0.2) is 0 Å². The van der Waals surface area contributed by atoms with Crippen LogP contribution >= 0.6 is 0 Å². The number of nitrogens with zero attached hydrogens (tertiary/aromatic N) is 1. The number of rotatable bonds is 7. The van der Waals surface area contributed by atoms with E-state index in [0.717, 1.165) is 49.0 Å². The van der Waals surface area contributed by atoms with Gasteiger partial charge in [-0.15, -0.1) is 0 Å². The standard InChI is InChI=1S/C29H29NO2.C2H2O4/c31-28(24-10-5-2-6-11-24)26(22-8-3-1-4-9-22)16-20-30-18-14-23(15-19-30)27-13-7-12-25-17-21-32-29(25)27;3-1(4)2(5)6/h1-14,17,21,26,28,31H,15-16,18-20H2;(H,3,4)(H,5,6). The minimum absolute atomic E-state index is 0.0702. The van der Waals surface area contributed by atoms with Crippen molar-refractivity contribution < 1.29 is 29.3 Å². The molecule has 2 atom stereocenters. The maximum Gasteiger partial charge on any atom is 0.414 e. The average molecular weight is 514 g/mol. The molecule has 3 N–H and O–H groups in total. The molecule has 0 aliphatic carbocycles. The van der Waals surface area contributed by atoms with Crippen molar-refractivity contribution in [1.82, 2.24) is 4.90 Å². The Kier molecular flexibility index (Phi) is 9.08. The molecule has 5 rings (SSSR count). The highest BCUT2D eigenvalue weighted by atomic mass is 16.4. The number of fused-ring (bicyclic) bond motifs is 1. The number of carboxylic acid groups (broad SMARTS) is 2. The Balaban J connectivity index is 0.000000505. The van der Waals surface area contributed by atoms with Crippen LogP contribution in [-0.2, 0) is 9.59 Å². The van der Waals surface area contributed by atoms with Crippen LogP contribution in [0.3, 0.4) is 0 Å². The van der Waals surface area contributed by atoms with E-state index in [1.54, 1.807) is 6.26 Å². The van der Waals surface area contributed by atoms with Crippen LogP contribution in [0.5, 0.6) is 0 Å². The third-order valence-electron chi connectivity index (χ3n) is 6.81. The molecule has 2 heterocycles. The van der Waals surface area contributed by atoms with Crippen LogP contribution in [0.15, 0.2) is 102 Å². The normalized spacial score (nSPS) is 15.1. The lowest BCUT2D eigenvalue weighted by Crippen LogP contribution is -2.31. The molecule has 0 radical (unpaired) electrons. The van der Waals surface area contributed by atoms with Crippen molar-refractivity contribution in [2.45, 2.75) is 24.9 Å². The Morgan fingerprint density at radius 3 is 2.11 bits per heavy atom. The van der Waals surface area contributed by atoms with Gasteiger partial charge in [-0.3, -0.25) is 4.90 Å². The largest absolute Gasteiger partial charge is 0.473 e. The lowest BCUT2D eigenvalue weighted by atomic mass is 9.86. The molecule has 0 saturated heterocycles.